The first-order chi connectivity index (χ1) is 17.3. The molecule has 190 valence electrons. The van der Waals surface area contributed by atoms with Gasteiger partial charge in [0.2, 0.25) is 0 Å². The van der Waals surface area contributed by atoms with Gasteiger partial charge in [0.1, 0.15) is 5.82 Å². The smallest absolute Gasteiger partial charge is 0.304 e. The number of benzene rings is 1. The molecule has 0 aliphatic carbocycles. The van der Waals surface area contributed by atoms with Crippen LogP contribution in [0.25, 0.3) is 0 Å². The van der Waals surface area contributed by atoms with E-state index in [2.05, 4.69) is 21.8 Å². The molecule has 0 saturated carbocycles. The topological polar surface area (TPSA) is 129 Å². The number of nitrogens with zero attached hydrogens (tertiary/aromatic N) is 3. The number of aromatic nitrogens is 3. The number of carbonyl (C=O) groups is 2. The van der Waals surface area contributed by atoms with Crippen LogP contribution < -0.4 is 10.6 Å². The molecule has 1 aromatic carbocycles. The number of anilines is 1. The van der Waals surface area contributed by atoms with E-state index in [1.54, 1.807) is 22.9 Å². The van der Waals surface area contributed by atoms with E-state index in [4.69, 9.17) is 28.2 Å². The van der Waals surface area contributed by atoms with Gasteiger partial charge >= 0.3 is 5.97 Å². The number of carbonyl (C=O) groups excluding carboxylic acids is 1. The Morgan fingerprint density at radius 2 is 1.97 bits per heavy atom. The quantitative estimate of drug-likeness (QED) is 0.331. The molecule has 1 aliphatic heterocycles. The Bertz CT molecular complexity index is 1270. The highest BCUT2D eigenvalue weighted by molar-refractivity contribution is 6.34. The van der Waals surface area contributed by atoms with E-state index < -0.39 is 24.4 Å². The van der Waals surface area contributed by atoms with Crippen LogP contribution in [-0.4, -0.2) is 50.4 Å². The number of amides is 1. The maximum atomic E-state index is 12.9. The van der Waals surface area contributed by atoms with Gasteiger partial charge in [-0.3, -0.25) is 14.3 Å². The lowest BCUT2D eigenvalue weighted by Crippen LogP contribution is -2.22. The maximum absolute atomic E-state index is 12.9. The van der Waals surface area contributed by atoms with Crippen molar-refractivity contribution in [2.75, 3.05) is 18.9 Å². The molecule has 0 spiro atoms. The zero-order valence-corrected chi connectivity index (χ0v) is 21.2. The van der Waals surface area contributed by atoms with Gasteiger partial charge in [-0.25, -0.2) is 4.98 Å². The molecule has 0 radical (unpaired) electrons. The monoisotopic (exact) mass is 531 g/mol. The molecule has 4 N–H and O–H groups in total. The van der Waals surface area contributed by atoms with Crippen LogP contribution in [0.2, 0.25) is 10.0 Å². The second-order valence-electron chi connectivity index (χ2n) is 8.61. The van der Waals surface area contributed by atoms with E-state index in [1.807, 2.05) is 6.07 Å². The van der Waals surface area contributed by atoms with Crippen LogP contribution in [0.1, 0.15) is 57.3 Å². The van der Waals surface area contributed by atoms with Crippen molar-refractivity contribution in [1.29, 1.82) is 0 Å². The molecule has 9 nitrogen and oxygen atoms in total. The number of pyridine rings is 1. The number of rotatable bonds is 9. The van der Waals surface area contributed by atoms with Gasteiger partial charge in [-0.15, -0.1) is 0 Å². The van der Waals surface area contributed by atoms with E-state index in [-0.39, 0.29) is 17.7 Å². The SMILES string of the molecule is CNC(=O)c1c(C(CC(=O)O)c2cc(Cl)cc(Cl)c2)nn(CCc2ccc3c(n2)NCCC3)c1CO. The molecule has 36 heavy (non-hydrogen) atoms. The molecule has 0 saturated heterocycles. The van der Waals surface area contributed by atoms with Crippen molar-refractivity contribution in [3.05, 3.63) is 74.1 Å². The average molecular weight is 532 g/mol. The number of carboxylic acids is 1. The summed E-state index contributed by atoms with van der Waals surface area (Å²) in [6.45, 7) is 0.765. The number of halogens is 2. The number of fused-ring (bicyclic) bond motifs is 1. The first kappa shape index (κ1) is 25.9. The minimum absolute atomic E-state index is 0.141. The van der Waals surface area contributed by atoms with Crippen LogP contribution in [0.5, 0.6) is 0 Å². The van der Waals surface area contributed by atoms with Crippen LogP contribution in [0.4, 0.5) is 5.82 Å². The minimum Gasteiger partial charge on any atom is -0.481 e. The minimum atomic E-state index is -1.08. The molecule has 2 aromatic heterocycles. The molecule has 1 atom stereocenters. The van der Waals surface area contributed by atoms with Gasteiger partial charge in [0.25, 0.3) is 5.91 Å². The molecule has 3 aromatic rings. The molecule has 4 rings (SSSR count). The Hall–Kier alpha value is -3.14. The summed E-state index contributed by atoms with van der Waals surface area (Å²) in [6.07, 6.45) is 2.21. The Morgan fingerprint density at radius 3 is 2.64 bits per heavy atom. The van der Waals surface area contributed by atoms with Crippen molar-refractivity contribution in [2.24, 2.45) is 0 Å². The predicted molar refractivity (Wildman–Crippen MR) is 137 cm³/mol. The van der Waals surface area contributed by atoms with Crippen LogP contribution in [0.15, 0.2) is 30.3 Å². The first-order valence-corrected chi connectivity index (χ1v) is 12.4. The van der Waals surface area contributed by atoms with Gasteiger partial charge in [-0.05, 0) is 48.2 Å². The summed E-state index contributed by atoms with van der Waals surface area (Å²) in [6, 6.07) is 8.79. The average Bonchev–Trinajstić information content (AvgIpc) is 3.22. The Balaban J connectivity index is 1.74. The lowest BCUT2D eigenvalue weighted by atomic mass is 9.89. The Kier molecular flexibility index (Phi) is 8.13. The number of aliphatic carboxylic acids is 1. The van der Waals surface area contributed by atoms with Gasteiger partial charge in [0, 0.05) is 48.2 Å². The highest BCUT2D eigenvalue weighted by Crippen LogP contribution is 2.34. The summed E-state index contributed by atoms with van der Waals surface area (Å²) in [7, 11) is 1.47. The van der Waals surface area contributed by atoms with Crippen LogP contribution >= 0.6 is 23.2 Å². The number of aliphatic hydroxyl groups excluding tert-OH is 1. The van der Waals surface area contributed by atoms with Crippen molar-refractivity contribution in [1.82, 2.24) is 20.1 Å². The van der Waals surface area contributed by atoms with E-state index >= 15 is 0 Å². The van der Waals surface area contributed by atoms with Crippen molar-refractivity contribution >= 4 is 40.9 Å². The fraction of sp³-hybridized carbons (Fsp3) is 0.360. The van der Waals surface area contributed by atoms with Gasteiger partial charge in [-0.2, -0.15) is 5.10 Å². The molecule has 0 bridgehead atoms. The fourth-order valence-corrected chi connectivity index (χ4v) is 5.07. The highest BCUT2D eigenvalue weighted by Gasteiger charge is 2.31. The number of aryl methyl sites for hydroxylation is 3. The second kappa shape index (κ2) is 11.3. The standard InChI is InChI=1S/C25H27Cl2N5O4/c1-28-25(36)22-20(13-33)32(8-6-18-5-4-14-3-2-7-29-24(14)30-18)31-23(22)19(12-21(34)35)15-9-16(26)11-17(27)10-15/h4-5,9-11,19,33H,2-3,6-8,12-13H2,1H3,(H,28,36)(H,29,30)(H,34,35). The molecule has 1 aliphatic rings. The number of hydrogen-bond donors (Lipinski definition) is 4. The van der Waals surface area contributed by atoms with E-state index in [0.717, 1.165) is 30.9 Å². The van der Waals surface area contributed by atoms with Crippen molar-refractivity contribution in [3.63, 3.8) is 0 Å². The Morgan fingerprint density at radius 1 is 1.22 bits per heavy atom. The molecule has 1 unspecified atom stereocenters. The zero-order chi connectivity index (χ0) is 25.8. The largest absolute Gasteiger partial charge is 0.481 e. The normalized spacial score (nSPS) is 13.6. The lowest BCUT2D eigenvalue weighted by molar-refractivity contribution is -0.137. The van der Waals surface area contributed by atoms with Gasteiger partial charge in [0.15, 0.2) is 0 Å². The van der Waals surface area contributed by atoms with E-state index in [9.17, 15) is 19.8 Å². The van der Waals surface area contributed by atoms with Crippen molar-refractivity contribution in [2.45, 2.75) is 44.8 Å². The van der Waals surface area contributed by atoms with Crippen molar-refractivity contribution in [3.8, 4) is 0 Å². The zero-order valence-electron chi connectivity index (χ0n) is 19.7. The van der Waals surface area contributed by atoms with E-state index in [0.29, 0.717) is 34.3 Å². The van der Waals surface area contributed by atoms with Crippen LogP contribution in [0, 0.1) is 0 Å². The number of nitrogens with one attached hydrogen (secondary N) is 2. The van der Waals surface area contributed by atoms with Gasteiger partial charge in [-0.1, -0.05) is 29.3 Å². The summed E-state index contributed by atoms with van der Waals surface area (Å²) in [5.41, 5.74) is 3.21. The molecular formula is C25H27Cl2N5O4. The highest BCUT2D eigenvalue weighted by atomic mass is 35.5. The number of carboxylic acid groups (broad SMARTS) is 1. The Labute approximate surface area is 218 Å². The summed E-state index contributed by atoms with van der Waals surface area (Å²) in [4.78, 5) is 29.4. The summed E-state index contributed by atoms with van der Waals surface area (Å²) >= 11 is 12.4. The molecule has 3 heterocycles. The number of hydrogen-bond acceptors (Lipinski definition) is 6. The molecule has 1 amide bonds. The summed E-state index contributed by atoms with van der Waals surface area (Å²) in [5, 5.41) is 31.1. The fourth-order valence-electron chi connectivity index (χ4n) is 4.53. The molecule has 0 fully saturated rings. The van der Waals surface area contributed by atoms with Crippen molar-refractivity contribution < 1.29 is 19.8 Å². The third-order valence-electron chi connectivity index (χ3n) is 6.22. The number of aliphatic hydroxyl groups is 1. The molecule has 11 heteroatoms. The predicted octanol–water partition coefficient (Wildman–Crippen LogP) is 3.64. The van der Waals surface area contributed by atoms with Crippen LogP contribution in [-0.2, 0) is 30.8 Å². The second-order valence-corrected chi connectivity index (χ2v) is 9.48. The maximum Gasteiger partial charge on any atom is 0.304 e. The third kappa shape index (κ3) is 5.64. The van der Waals surface area contributed by atoms with E-state index in [1.165, 1.54) is 12.6 Å². The first-order valence-electron chi connectivity index (χ1n) is 11.6. The molecular weight excluding hydrogens is 505 g/mol. The summed E-state index contributed by atoms with van der Waals surface area (Å²) in [5.74, 6) is -1.49. The lowest BCUT2D eigenvalue weighted by Gasteiger charge is -2.17. The summed E-state index contributed by atoms with van der Waals surface area (Å²) < 4.78 is 1.55. The van der Waals surface area contributed by atoms with Gasteiger partial charge in [0.05, 0.1) is 30.0 Å². The van der Waals surface area contributed by atoms with Crippen LogP contribution in [0.3, 0.4) is 0 Å². The van der Waals surface area contributed by atoms with Gasteiger partial charge < -0.3 is 20.8 Å². The third-order valence-corrected chi connectivity index (χ3v) is 6.65.